The fourth-order valence-corrected chi connectivity index (χ4v) is 10.2. The molecule has 9 aliphatic rings. The molecule has 3 amide bonds. The molecular weight excluding hydrogens is 498 g/mol. The number of aliphatic imine (C=N–C) groups is 1. The highest BCUT2D eigenvalue weighted by Crippen LogP contribution is 3.07. The largest absolute Gasteiger partial charge is 0.482 e. The Balaban J connectivity index is 0.874. The highest BCUT2D eigenvalue weighted by atomic mass is 16.5. The van der Waals surface area contributed by atoms with E-state index < -0.39 is 6.17 Å². The van der Waals surface area contributed by atoms with E-state index in [1.165, 1.54) is 0 Å². The van der Waals surface area contributed by atoms with Gasteiger partial charge in [-0.15, -0.1) is 0 Å². The molecule has 0 aromatic heterocycles. The molecule has 6 aliphatic carbocycles. The molecule has 10 rings (SSSR count). The lowest BCUT2D eigenvalue weighted by Crippen LogP contribution is -3.15. The lowest BCUT2D eigenvalue weighted by molar-refractivity contribution is -0.639. The number of benzene rings is 1. The van der Waals surface area contributed by atoms with Gasteiger partial charge in [-0.2, -0.15) is 5.10 Å². The van der Waals surface area contributed by atoms with Gasteiger partial charge in [0, 0.05) is 37.3 Å². The maximum absolute atomic E-state index is 13.4. The van der Waals surface area contributed by atoms with Gasteiger partial charge < -0.3 is 25.6 Å². The smallest absolute Gasteiger partial charge is 0.269 e. The van der Waals surface area contributed by atoms with Crippen LogP contribution in [0, 0.1) is 40.9 Å². The normalized spacial score (nSPS) is 41.6. The monoisotopic (exact) mass is 527 g/mol. The number of fused-ring (bicyclic) bond motifs is 2. The summed E-state index contributed by atoms with van der Waals surface area (Å²) in [5.74, 6) is 4.70. The van der Waals surface area contributed by atoms with Gasteiger partial charge in [-0.25, -0.2) is 5.01 Å². The van der Waals surface area contributed by atoms with Gasteiger partial charge in [0.1, 0.15) is 23.3 Å². The van der Waals surface area contributed by atoms with Crippen molar-refractivity contribution in [1.29, 1.82) is 0 Å². The minimum Gasteiger partial charge on any atom is -0.482 e. The minimum absolute atomic E-state index is 0.00547. The summed E-state index contributed by atoms with van der Waals surface area (Å²) in [5, 5.41) is 14.9. The number of amides is 3. The van der Waals surface area contributed by atoms with Crippen LogP contribution in [0.3, 0.4) is 0 Å². The van der Waals surface area contributed by atoms with Crippen molar-refractivity contribution in [3.63, 3.8) is 0 Å². The number of hydrazone groups is 1. The number of rotatable bonds is 7. The summed E-state index contributed by atoms with van der Waals surface area (Å²) < 4.78 is 5.39. The number of ether oxygens (including phenoxy) is 1. The first-order valence-corrected chi connectivity index (χ1v) is 13.8. The Kier molecular flexibility index (Phi) is 3.90. The third-order valence-corrected chi connectivity index (χ3v) is 11.3. The second-order valence-electron chi connectivity index (χ2n) is 12.5. The molecular formula is C28H29N7O4. The minimum atomic E-state index is -0.393. The predicted octanol–water partition coefficient (Wildman–Crippen LogP) is 0.158. The molecule has 0 bridgehead atoms. The van der Waals surface area contributed by atoms with Gasteiger partial charge in [0.05, 0.1) is 5.69 Å². The Hall–Kier alpha value is -3.73. The van der Waals surface area contributed by atoms with Gasteiger partial charge in [0.15, 0.2) is 6.61 Å². The van der Waals surface area contributed by atoms with Gasteiger partial charge in [0.25, 0.3) is 17.7 Å². The summed E-state index contributed by atoms with van der Waals surface area (Å²) in [7, 11) is 4.46. The molecule has 1 aromatic carbocycles. The van der Waals surface area contributed by atoms with E-state index in [4.69, 9.17) is 4.74 Å². The van der Waals surface area contributed by atoms with Crippen molar-refractivity contribution in [2.75, 3.05) is 32.6 Å². The van der Waals surface area contributed by atoms with Crippen LogP contribution in [0.1, 0.15) is 12.0 Å². The van der Waals surface area contributed by atoms with Crippen LogP contribution in [0.5, 0.6) is 5.75 Å². The molecule has 3 heterocycles. The molecule has 1 aromatic rings. The maximum atomic E-state index is 13.4. The van der Waals surface area contributed by atoms with E-state index >= 15 is 0 Å². The van der Waals surface area contributed by atoms with Crippen molar-refractivity contribution in [2.45, 2.75) is 24.7 Å². The number of hydrogen-bond acceptors (Lipinski definition) is 8. The summed E-state index contributed by atoms with van der Waals surface area (Å²) in [5.41, 5.74) is 2.79. The lowest BCUT2D eigenvalue weighted by atomic mass is 8.94. The number of hydrogen-bond donors (Lipinski definition) is 3. The second kappa shape index (κ2) is 6.88. The Morgan fingerprint density at radius 1 is 1.13 bits per heavy atom. The average Bonchev–Trinajstić information content (AvgIpc) is 3.42. The number of nitrogens with zero attached hydrogens (tertiary/aromatic N) is 4. The van der Waals surface area contributed by atoms with Crippen LogP contribution >= 0.6 is 0 Å². The van der Waals surface area contributed by atoms with E-state index in [0.29, 0.717) is 34.5 Å². The molecule has 1 unspecified atom stereocenters. The van der Waals surface area contributed by atoms with E-state index in [0.717, 1.165) is 47.6 Å². The van der Waals surface area contributed by atoms with E-state index in [9.17, 15) is 14.4 Å². The van der Waals surface area contributed by atoms with Crippen LogP contribution in [0.15, 0.2) is 40.1 Å². The Labute approximate surface area is 224 Å². The Morgan fingerprint density at radius 3 is 2.64 bits per heavy atom. The third-order valence-electron chi connectivity index (χ3n) is 11.3. The number of nitrogens with one attached hydrogen (secondary N) is 3. The molecule has 0 saturated heterocycles. The summed E-state index contributed by atoms with van der Waals surface area (Å²) in [6.45, 7) is 0.954. The predicted molar refractivity (Wildman–Crippen MR) is 139 cm³/mol. The molecule has 200 valence electrons. The van der Waals surface area contributed by atoms with Gasteiger partial charge in [0.2, 0.25) is 0 Å². The first-order chi connectivity index (χ1) is 18.9. The molecule has 11 nitrogen and oxygen atoms in total. The molecule has 0 radical (unpaired) electrons. The molecule has 3 N–H and O–H groups in total. The number of anilines is 1. The molecule has 1 atom stereocenters. The molecule has 39 heavy (non-hydrogen) atoms. The second-order valence-corrected chi connectivity index (χ2v) is 12.5. The van der Waals surface area contributed by atoms with Crippen LogP contribution in [0.25, 0.3) is 0 Å². The third kappa shape index (κ3) is 2.27. The topological polar surface area (TPSA) is 128 Å². The van der Waals surface area contributed by atoms with Crippen LogP contribution in [0.2, 0.25) is 0 Å². The van der Waals surface area contributed by atoms with Crippen molar-refractivity contribution >= 4 is 35.3 Å². The SMILES string of the molecule is CN(C)C12C3C4C1C1C2C3C41CNC(=O)C1=CC(C(=O)NCc2ccc3c(c2)NC(=O)CO3)=NC2CC=NN12. The first kappa shape index (κ1) is 22.1. The zero-order valence-corrected chi connectivity index (χ0v) is 21.7. The Bertz CT molecular complexity index is 1440. The van der Waals surface area contributed by atoms with Gasteiger partial charge in [-0.1, -0.05) is 6.07 Å². The van der Waals surface area contributed by atoms with E-state index in [2.05, 4.69) is 45.0 Å². The molecule has 11 heteroatoms. The van der Waals surface area contributed by atoms with E-state index in [1.807, 2.05) is 6.07 Å². The highest BCUT2D eigenvalue weighted by molar-refractivity contribution is 6.44. The van der Waals surface area contributed by atoms with Crippen molar-refractivity contribution in [2.24, 2.45) is 51.0 Å². The average molecular weight is 528 g/mol. The molecule has 6 fully saturated rings. The molecule has 3 aliphatic heterocycles. The fraction of sp³-hybridized carbons (Fsp3) is 0.536. The van der Waals surface area contributed by atoms with Crippen LogP contribution in [-0.4, -0.2) is 78.5 Å². The van der Waals surface area contributed by atoms with Gasteiger partial charge in [-0.3, -0.25) is 19.4 Å². The zero-order valence-electron chi connectivity index (χ0n) is 21.7. The number of carbonyl (C=O) groups is 3. The maximum Gasteiger partial charge on any atom is 0.269 e. The van der Waals surface area contributed by atoms with Crippen molar-refractivity contribution in [3.05, 3.63) is 35.5 Å². The fourth-order valence-electron chi connectivity index (χ4n) is 10.2. The summed E-state index contributed by atoms with van der Waals surface area (Å²) in [4.78, 5) is 45.2. The van der Waals surface area contributed by atoms with Crippen molar-refractivity contribution in [1.82, 2.24) is 20.5 Å². The molecule has 0 spiro atoms. The van der Waals surface area contributed by atoms with E-state index in [1.54, 1.807) is 29.4 Å². The van der Waals surface area contributed by atoms with Gasteiger partial charge in [-0.05, 0) is 72.7 Å². The van der Waals surface area contributed by atoms with Crippen LogP contribution in [0.4, 0.5) is 5.69 Å². The lowest BCUT2D eigenvalue weighted by Gasteiger charge is -3.12. The van der Waals surface area contributed by atoms with Crippen LogP contribution < -0.4 is 20.7 Å². The molecule has 6 saturated carbocycles. The van der Waals surface area contributed by atoms with Crippen LogP contribution in [-0.2, 0) is 20.9 Å². The Morgan fingerprint density at radius 2 is 1.90 bits per heavy atom. The standard InChI is InChI=1S/C28H29N7O4/c1-34(2)28-22-19-23(28)21-24(28)20(22)27(19,21)11-30-26(38)15-8-14(32-17-5-6-31-35(15)17)25(37)29-9-12-3-4-16-13(7-12)33-18(36)10-39-16/h3-4,6-8,17,19-24H,5,9-11H2,1-2H3,(H,29,37)(H,30,38)(H,33,36). The number of carbonyl (C=O) groups excluding carboxylic acids is 3. The van der Waals surface area contributed by atoms with E-state index in [-0.39, 0.29) is 36.6 Å². The zero-order chi connectivity index (χ0) is 26.4. The summed E-state index contributed by atoms with van der Waals surface area (Å²) in [6.07, 6.45) is 3.43. The summed E-state index contributed by atoms with van der Waals surface area (Å²) >= 11 is 0. The van der Waals surface area contributed by atoms with Crippen molar-refractivity contribution < 1.29 is 19.1 Å². The summed E-state index contributed by atoms with van der Waals surface area (Å²) in [6, 6.07) is 5.39. The first-order valence-electron chi connectivity index (χ1n) is 13.8. The highest BCUT2D eigenvalue weighted by Gasteiger charge is 3.09. The quantitative estimate of drug-likeness (QED) is 0.464. The van der Waals surface area contributed by atoms with Crippen molar-refractivity contribution in [3.8, 4) is 5.75 Å². The van der Waals surface area contributed by atoms with Gasteiger partial charge >= 0.3 is 0 Å².